The molecule has 0 aliphatic carbocycles. The van der Waals surface area contributed by atoms with Crippen molar-refractivity contribution in [2.24, 2.45) is 5.41 Å². The van der Waals surface area contributed by atoms with Crippen molar-refractivity contribution in [1.82, 2.24) is 0 Å². The van der Waals surface area contributed by atoms with Gasteiger partial charge in [-0.3, -0.25) is 0 Å². The first-order valence-electron chi connectivity index (χ1n) is 5.20. The monoisotopic (exact) mass is 212 g/mol. The minimum absolute atomic E-state index is 0.0233. The zero-order valence-corrected chi connectivity index (χ0v) is 10.1. The smallest absolute Gasteiger partial charge is 0.0588 e. The Morgan fingerprint density at radius 2 is 2.14 bits per heavy atom. The molecule has 1 nitrogen and oxygen atoms in total. The Morgan fingerprint density at radius 1 is 1.43 bits per heavy atom. The van der Waals surface area contributed by atoms with Crippen molar-refractivity contribution in [2.75, 3.05) is 0 Å². The summed E-state index contributed by atoms with van der Waals surface area (Å²) in [4.78, 5) is 1.42. The highest BCUT2D eigenvalue weighted by Crippen LogP contribution is 2.23. The Labute approximate surface area is 90.8 Å². The fraction of sp³-hybridized carbons (Fsp3) is 0.667. The zero-order chi connectivity index (χ0) is 10.6. The standard InChI is InChI=1S/C12H20OS/c1-12(2,3)11(13)8-4-6-10-7-5-9-14-10/h5,7,9,11,13H,4,6,8H2,1-3H3. The largest absolute Gasteiger partial charge is 0.393 e. The Hall–Kier alpha value is -0.340. The van der Waals surface area contributed by atoms with E-state index in [1.54, 1.807) is 11.3 Å². The summed E-state index contributed by atoms with van der Waals surface area (Å²) in [5, 5.41) is 11.9. The summed E-state index contributed by atoms with van der Waals surface area (Å²) in [6, 6.07) is 4.24. The third kappa shape index (κ3) is 3.81. The van der Waals surface area contributed by atoms with Crippen molar-refractivity contribution in [3.8, 4) is 0 Å². The van der Waals surface area contributed by atoms with Crippen molar-refractivity contribution in [3.05, 3.63) is 22.4 Å². The summed E-state index contributed by atoms with van der Waals surface area (Å²) in [5.74, 6) is 0. The van der Waals surface area contributed by atoms with E-state index in [4.69, 9.17) is 0 Å². The van der Waals surface area contributed by atoms with E-state index in [0.717, 1.165) is 19.3 Å². The van der Waals surface area contributed by atoms with Gasteiger partial charge in [0.25, 0.3) is 0 Å². The highest BCUT2D eigenvalue weighted by Gasteiger charge is 2.21. The first kappa shape index (κ1) is 11.7. The van der Waals surface area contributed by atoms with E-state index in [2.05, 4.69) is 38.3 Å². The molecule has 2 heteroatoms. The highest BCUT2D eigenvalue weighted by molar-refractivity contribution is 7.09. The maximum atomic E-state index is 9.82. The first-order valence-corrected chi connectivity index (χ1v) is 6.08. The molecule has 0 saturated heterocycles. The molecule has 1 aromatic rings. The van der Waals surface area contributed by atoms with Crippen LogP contribution in [-0.4, -0.2) is 11.2 Å². The number of aliphatic hydroxyl groups is 1. The first-order chi connectivity index (χ1) is 6.50. The normalized spacial score (nSPS) is 14.3. The third-order valence-electron chi connectivity index (χ3n) is 2.48. The van der Waals surface area contributed by atoms with E-state index < -0.39 is 0 Å². The maximum Gasteiger partial charge on any atom is 0.0588 e. The molecule has 0 radical (unpaired) electrons. The van der Waals surface area contributed by atoms with Gasteiger partial charge >= 0.3 is 0 Å². The van der Waals surface area contributed by atoms with Crippen molar-refractivity contribution >= 4 is 11.3 Å². The molecule has 0 bridgehead atoms. The molecule has 1 atom stereocenters. The topological polar surface area (TPSA) is 20.2 Å². The van der Waals surface area contributed by atoms with Crippen LogP contribution >= 0.6 is 11.3 Å². The van der Waals surface area contributed by atoms with E-state index in [9.17, 15) is 5.11 Å². The van der Waals surface area contributed by atoms with Gasteiger partial charge in [-0.1, -0.05) is 26.8 Å². The van der Waals surface area contributed by atoms with Crippen LogP contribution in [-0.2, 0) is 6.42 Å². The van der Waals surface area contributed by atoms with Gasteiger partial charge in [0.15, 0.2) is 0 Å². The average Bonchev–Trinajstić information content (AvgIpc) is 2.55. The Balaban J connectivity index is 2.22. The Kier molecular flexibility index (Phi) is 4.14. The summed E-state index contributed by atoms with van der Waals surface area (Å²) in [7, 11) is 0. The highest BCUT2D eigenvalue weighted by atomic mass is 32.1. The molecule has 0 aromatic carbocycles. The second-order valence-corrected chi connectivity index (χ2v) is 5.89. The fourth-order valence-corrected chi connectivity index (χ4v) is 2.11. The minimum atomic E-state index is -0.178. The number of hydrogen-bond donors (Lipinski definition) is 1. The van der Waals surface area contributed by atoms with Gasteiger partial charge < -0.3 is 5.11 Å². The molecule has 1 aromatic heterocycles. The van der Waals surface area contributed by atoms with Crippen LogP contribution in [0.25, 0.3) is 0 Å². The van der Waals surface area contributed by atoms with Gasteiger partial charge in [0.1, 0.15) is 0 Å². The quantitative estimate of drug-likeness (QED) is 0.810. The molecule has 0 aliphatic heterocycles. The molecule has 14 heavy (non-hydrogen) atoms. The zero-order valence-electron chi connectivity index (χ0n) is 9.29. The Morgan fingerprint density at radius 3 is 2.64 bits per heavy atom. The van der Waals surface area contributed by atoms with E-state index in [1.807, 2.05) is 0 Å². The van der Waals surface area contributed by atoms with Crippen molar-refractivity contribution in [2.45, 2.75) is 46.1 Å². The summed E-state index contributed by atoms with van der Waals surface area (Å²) >= 11 is 1.80. The van der Waals surface area contributed by atoms with E-state index in [-0.39, 0.29) is 11.5 Å². The molecule has 0 amide bonds. The number of aryl methyl sites for hydroxylation is 1. The van der Waals surface area contributed by atoms with Gasteiger partial charge in [-0.15, -0.1) is 11.3 Å². The second-order valence-electron chi connectivity index (χ2n) is 4.85. The van der Waals surface area contributed by atoms with Crippen LogP contribution in [0.2, 0.25) is 0 Å². The van der Waals surface area contributed by atoms with Crippen LogP contribution in [0.3, 0.4) is 0 Å². The van der Waals surface area contributed by atoms with Gasteiger partial charge in [-0.25, -0.2) is 0 Å². The van der Waals surface area contributed by atoms with Crippen LogP contribution in [0.4, 0.5) is 0 Å². The van der Waals surface area contributed by atoms with E-state index in [1.165, 1.54) is 4.88 Å². The average molecular weight is 212 g/mol. The van der Waals surface area contributed by atoms with Crippen molar-refractivity contribution < 1.29 is 5.11 Å². The number of rotatable bonds is 4. The summed E-state index contributed by atoms with van der Waals surface area (Å²) in [6.45, 7) is 6.26. The van der Waals surface area contributed by atoms with Crippen molar-refractivity contribution in [3.63, 3.8) is 0 Å². The predicted octanol–water partition coefficient (Wildman–Crippen LogP) is 3.48. The fourth-order valence-electron chi connectivity index (χ4n) is 1.36. The predicted molar refractivity (Wildman–Crippen MR) is 62.7 cm³/mol. The van der Waals surface area contributed by atoms with Crippen LogP contribution < -0.4 is 0 Å². The molecule has 0 saturated carbocycles. The molecule has 1 heterocycles. The molecule has 0 spiro atoms. The molecular formula is C12H20OS. The number of aliphatic hydroxyl groups excluding tert-OH is 1. The lowest BCUT2D eigenvalue weighted by Gasteiger charge is -2.25. The lowest BCUT2D eigenvalue weighted by atomic mass is 9.86. The maximum absolute atomic E-state index is 9.82. The minimum Gasteiger partial charge on any atom is -0.393 e. The molecule has 0 fully saturated rings. The molecule has 1 unspecified atom stereocenters. The summed E-state index contributed by atoms with van der Waals surface area (Å²) < 4.78 is 0. The number of thiophene rings is 1. The molecular weight excluding hydrogens is 192 g/mol. The van der Waals surface area contributed by atoms with E-state index >= 15 is 0 Å². The molecule has 0 aliphatic rings. The van der Waals surface area contributed by atoms with Crippen LogP contribution in [0.15, 0.2) is 17.5 Å². The van der Waals surface area contributed by atoms with Gasteiger partial charge in [0.2, 0.25) is 0 Å². The molecule has 1 N–H and O–H groups in total. The van der Waals surface area contributed by atoms with Gasteiger partial charge in [0.05, 0.1) is 6.10 Å². The second kappa shape index (κ2) is 4.94. The molecule has 80 valence electrons. The van der Waals surface area contributed by atoms with Gasteiger partial charge in [-0.2, -0.15) is 0 Å². The van der Waals surface area contributed by atoms with Crippen LogP contribution in [0.5, 0.6) is 0 Å². The van der Waals surface area contributed by atoms with E-state index in [0.29, 0.717) is 0 Å². The lowest BCUT2D eigenvalue weighted by Crippen LogP contribution is -2.25. The van der Waals surface area contributed by atoms with Crippen molar-refractivity contribution in [1.29, 1.82) is 0 Å². The SMILES string of the molecule is CC(C)(C)C(O)CCCc1cccs1. The third-order valence-corrected chi connectivity index (χ3v) is 3.42. The van der Waals surface area contributed by atoms with Crippen LogP contribution in [0.1, 0.15) is 38.5 Å². The molecule has 1 rings (SSSR count). The summed E-state index contributed by atoms with van der Waals surface area (Å²) in [5.41, 5.74) is 0.0233. The summed E-state index contributed by atoms with van der Waals surface area (Å²) in [6.07, 6.45) is 2.91. The Bertz CT molecular complexity index is 246. The van der Waals surface area contributed by atoms with Gasteiger partial charge in [-0.05, 0) is 36.1 Å². The van der Waals surface area contributed by atoms with Gasteiger partial charge in [0, 0.05) is 4.88 Å². The lowest BCUT2D eigenvalue weighted by molar-refractivity contribution is 0.0541. The number of hydrogen-bond acceptors (Lipinski definition) is 2. The van der Waals surface area contributed by atoms with Crippen LogP contribution in [0, 0.1) is 5.41 Å².